The third-order valence-electron chi connectivity index (χ3n) is 7.85. The topological polar surface area (TPSA) is 62.3 Å². The number of nitrogens with one attached hydrogen (secondary N) is 1. The van der Waals surface area contributed by atoms with Crippen molar-refractivity contribution in [3.63, 3.8) is 0 Å². The molecule has 0 aliphatic carbocycles. The van der Waals surface area contributed by atoms with E-state index in [0.29, 0.717) is 6.04 Å². The Kier molecular flexibility index (Phi) is 3.44. The highest BCUT2D eigenvalue weighted by molar-refractivity contribution is 5.86. The first kappa shape index (κ1) is 17.0. The van der Waals surface area contributed by atoms with E-state index in [4.69, 9.17) is 4.74 Å². The van der Waals surface area contributed by atoms with E-state index in [1.807, 2.05) is 6.92 Å². The summed E-state index contributed by atoms with van der Waals surface area (Å²) in [6.07, 6.45) is 3.80. The van der Waals surface area contributed by atoms with Gasteiger partial charge in [-0.05, 0) is 24.1 Å². The number of esters is 1. The number of aliphatic hydroxyl groups excluding tert-OH is 1. The van der Waals surface area contributed by atoms with Crippen molar-refractivity contribution in [1.82, 2.24) is 4.98 Å². The normalized spacial score (nSPS) is 38.2. The maximum atomic E-state index is 13.1. The number of carbonyl (C=O) groups is 1. The van der Waals surface area contributed by atoms with Gasteiger partial charge >= 0.3 is 5.97 Å². The lowest BCUT2D eigenvalue weighted by molar-refractivity contribution is -0.981. The third kappa shape index (κ3) is 1.84. The van der Waals surface area contributed by atoms with Gasteiger partial charge in [0.05, 0.1) is 26.5 Å². The maximum absolute atomic E-state index is 13.1. The second-order valence-corrected chi connectivity index (χ2v) is 8.65. The number of aromatic nitrogens is 1. The molecule has 0 spiro atoms. The van der Waals surface area contributed by atoms with Crippen molar-refractivity contribution in [3.8, 4) is 0 Å². The quantitative estimate of drug-likeness (QED) is 0.487. The number of para-hydroxylation sites is 1. The van der Waals surface area contributed by atoms with Crippen LogP contribution in [0.4, 0.5) is 0 Å². The van der Waals surface area contributed by atoms with Crippen molar-refractivity contribution < 1.29 is 19.1 Å². The number of hydrogen-bond donors (Lipinski definition) is 2. The Morgan fingerprint density at radius 2 is 2.22 bits per heavy atom. The number of aromatic amines is 1. The summed E-state index contributed by atoms with van der Waals surface area (Å²) in [5, 5.41) is 11.8. The van der Waals surface area contributed by atoms with Crippen molar-refractivity contribution in [1.29, 1.82) is 0 Å². The largest absolute Gasteiger partial charge is 0.468 e. The minimum absolute atomic E-state index is 0.0223. The molecule has 0 saturated carbocycles. The molecule has 6 rings (SSSR count). The molecule has 5 atom stereocenters. The molecule has 2 N–H and O–H groups in total. The number of likely N-dealkylation sites (N-methyl/N-ethyl adjacent to an activating group) is 1. The SMILES string of the molecule is C/C=C1\C[N@+]2(C)C3Cc4c([nH]c5ccccc45)[C@@H]2C[C@@H]1C3(CO)C(=O)OC. The molecule has 5 heterocycles. The molecular formula is C22H27N2O3+. The average Bonchev–Trinajstić information content (AvgIpc) is 3.05. The van der Waals surface area contributed by atoms with Gasteiger partial charge in [0.15, 0.2) is 0 Å². The maximum Gasteiger partial charge on any atom is 0.320 e. The predicted octanol–water partition coefficient (Wildman–Crippen LogP) is 2.71. The molecule has 142 valence electrons. The first-order chi connectivity index (χ1) is 13.0. The second-order valence-electron chi connectivity index (χ2n) is 8.65. The number of carbonyl (C=O) groups excluding carboxylic acids is 1. The van der Waals surface area contributed by atoms with Gasteiger partial charge in [-0.2, -0.15) is 0 Å². The van der Waals surface area contributed by atoms with Crippen LogP contribution in [-0.4, -0.2) is 53.9 Å². The van der Waals surface area contributed by atoms with Crippen LogP contribution in [0, 0.1) is 11.3 Å². The van der Waals surface area contributed by atoms with Gasteiger partial charge in [-0.15, -0.1) is 0 Å². The van der Waals surface area contributed by atoms with Gasteiger partial charge in [0, 0.05) is 29.7 Å². The molecule has 4 aliphatic rings. The lowest BCUT2D eigenvalue weighted by Gasteiger charge is -2.66. The number of benzene rings is 1. The van der Waals surface area contributed by atoms with Crippen LogP contribution in [0.1, 0.15) is 30.6 Å². The summed E-state index contributed by atoms with van der Waals surface area (Å²) in [6, 6.07) is 8.76. The van der Waals surface area contributed by atoms with Gasteiger partial charge in [0.2, 0.25) is 0 Å². The fraction of sp³-hybridized carbons (Fsp3) is 0.500. The number of ether oxygens (including phenoxy) is 1. The second kappa shape index (κ2) is 5.46. The van der Waals surface area contributed by atoms with Gasteiger partial charge < -0.3 is 19.3 Å². The average molecular weight is 367 g/mol. The number of fused-ring (bicyclic) bond motifs is 4. The standard InChI is InChI=1S/C22H27N2O3/c1-4-13-11-24(2)18-10-16(13)22(12-25,21(26)27-3)19(24)9-15-14-7-5-6-8-17(14)23-20(15)18/h4-8,16,18-19,23,25H,9-12H2,1-3H3/q+1/b13-4+/t16-,18-,19?,22?,24-/m0/s1. The van der Waals surface area contributed by atoms with E-state index in [0.717, 1.165) is 29.4 Å². The highest BCUT2D eigenvalue weighted by Gasteiger charge is 2.71. The van der Waals surface area contributed by atoms with Crippen LogP contribution >= 0.6 is 0 Å². The molecule has 0 amide bonds. The molecule has 27 heavy (non-hydrogen) atoms. The number of rotatable bonds is 2. The van der Waals surface area contributed by atoms with Crippen molar-refractivity contribution in [2.45, 2.75) is 31.8 Å². The minimum Gasteiger partial charge on any atom is -0.468 e. The lowest BCUT2D eigenvalue weighted by Crippen LogP contribution is -2.76. The summed E-state index contributed by atoms with van der Waals surface area (Å²) in [6.45, 7) is 2.82. The molecular weight excluding hydrogens is 340 g/mol. The van der Waals surface area contributed by atoms with Gasteiger partial charge in [0.1, 0.15) is 24.0 Å². The van der Waals surface area contributed by atoms with Crippen LogP contribution in [0.2, 0.25) is 0 Å². The van der Waals surface area contributed by atoms with Crippen LogP contribution in [0.25, 0.3) is 10.9 Å². The van der Waals surface area contributed by atoms with E-state index in [-0.39, 0.29) is 24.5 Å². The Balaban J connectivity index is 1.78. The van der Waals surface area contributed by atoms with Crippen LogP contribution in [0.15, 0.2) is 35.9 Å². The Morgan fingerprint density at radius 3 is 2.93 bits per heavy atom. The number of nitrogens with zero attached hydrogens (tertiary/aromatic N) is 1. The summed E-state index contributed by atoms with van der Waals surface area (Å²) in [5.41, 5.74) is 4.23. The smallest absolute Gasteiger partial charge is 0.320 e. The van der Waals surface area contributed by atoms with E-state index in [1.165, 1.54) is 29.3 Å². The van der Waals surface area contributed by atoms with E-state index in [9.17, 15) is 9.90 Å². The van der Waals surface area contributed by atoms with Gasteiger partial charge in [-0.1, -0.05) is 24.3 Å². The molecule has 5 nitrogen and oxygen atoms in total. The van der Waals surface area contributed by atoms with E-state index in [2.05, 4.69) is 42.4 Å². The van der Waals surface area contributed by atoms with Crippen LogP contribution in [-0.2, 0) is 16.0 Å². The molecule has 2 unspecified atom stereocenters. The molecule has 4 bridgehead atoms. The molecule has 5 heteroatoms. The first-order valence-corrected chi connectivity index (χ1v) is 9.80. The molecule has 1 aromatic carbocycles. The predicted molar refractivity (Wildman–Crippen MR) is 103 cm³/mol. The fourth-order valence-corrected chi connectivity index (χ4v) is 6.62. The summed E-state index contributed by atoms with van der Waals surface area (Å²) in [4.78, 5) is 16.8. The van der Waals surface area contributed by atoms with Crippen LogP contribution in [0.5, 0.6) is 0 Å². The van der Waals surface area contributed by atoms with Crippen molar-refractivity contribution in [2.75, 3.05) is 27.3 Å². The summed E-state index contributed by atoms with van der Waals surface area (Å²) in [7, 11) is 3.71. The van der Waals surface area contributed by atoms with E-state index in [1.54, 1.807) is 0 Å². The zero-order valence-electron chi connectivity index (χ0n) is 16.2. The Morgan fingerprint density at radius 1 is 1.44 bits per heavy atom. The van der Waals surface area contributed by atoms with Crippen LogP contribution < -0.4 is 0 Å². The monoisotopic (exact) mass is 367 g/mol. The molecule has 1 aromatic heterocycles. The lowest BCUT2D eigenvalue weighted by atomic mass is 9.54. The number of aliphatic hydroxyl groups is 1. The van der Waals surface area contributed by atoms with Crippen LogP contribution in [0.3, 0.4) is 0 Å². The van der Waals surface area contributed by atoms with E-state index < -0.39 is 5.41 Å². The molecule has 4 aliphatic heterocycles. The van der Waals surface area contributed by atoms with Gasteiger partial charge in [0.25, 0.3) is 0 Å². The molecule has 3 saturated heterocycles. The third-order valence-corrected chi connectivity index (χ3v) is 7.85. The molecule has 0 radical (unpaired) electrons. The number of H-pyrrole nitrogens is 1. The van der Waals surface area contributed by atoms with Gasteiger partial charge in [-0.25, -0.2) is 0 Å². The Hall–Kier alpha value is -2.11. The first-order valence-electron chi connectivity index (χ1n) is 9.80. The Labute approximate surface area is 159 Å². The number of quaternary nitrogens is 1. The highest BCUT2D eigenvalue weighted by Crippen LogP contribution is 2.62. The highest BCUT2D eigenvalue weighted by atomic mass is 16.5. The molecule has 2 aromatic rings. The summed E-state index contributed by atoms with van der Waals surface area (Å²) >= 11 is 0. The van der Waals surface area contributed by atoms with Crippen molar-refractivity contribution in [2.24, 2.45) is 11.3 Å². The number of allylic oxidation sites excluding steroid dienone is 1. The minimum atomic E-state index is -0.865. The number of methoxy groups -OCH3 is 1. The number of hydrogen-bond acceptors (Lipinski definition) is 3. The summed E-state index contributed by atoms with van der Waals surface area (Å²) in [5.74, 6) is -0.223. The van der Waals surface area contributed by atoms with Gasteiger partial charge in [-0.3, -0.25) is 4.79 Å². The summed E-state index contributed by atoms with van der Waals surface area (Å²) < 4.78 is 6.05. The fourth-order valence-electron chi connectivity index (χ4n) is 6.62. The zero-order valence-corrected chi connectivity index (χ0v) is 16.2. The molecule has 3 fully saturated rings. The number of piperidine rings is 3. The van der Waals surface area contributed by atoms with E-state index >= 15 is 0 Å². The van der Waals surface area contributed by atoms with Crippen molar-refractivity contribution >= 4 is 16.9 Å². The Bertz CT molecular complexity index is 977. The van der Waals surface area contributed by atoms with Crippen molar-refractivity contribution in [3.05, 3.63) is 47.2 Å². The zero-order chi connectivity index (χ0) is 19.0.